The molecule has 20 heavy (non-hydrogen) atoms. The van der Waals surface area contributed by atoms with E-state index in [1.165, 1.54) is 11.5 Å². The highest BCUT2D eigenvalue weighted by molar-refractivity contribution is 7.11. The fraction of sp³-hybridized carbons (Fsp3) is 0.308. The molecule has 0 spiro atoms. The summed E-state index contributed by atoms with van der Waals surface area (Å²) >= 11 is 1.18. The number of hydrogen-bond acceptors (Lipinski definition) is 7. The molecule has 2 aromatic rings. The SMILES string of the molecule is CCOC(=O)c1c(N)nsc1N(C)Cc1ccccn1. The van der Waals surface area contributed by atoms with Gasteiger partial charge in [-0.3, -0.25) is 4.98 Å². The molecule has 0 aromatic carbocycles. The lowest BCUT2D eigenvalue weighted by molar-refractivity contribution is 0.0528. The number of aromatic nitrogens is 2. The summed E-state index contributed by atoms with van der Waals surface area (Å²) in [5.41, 5.74) is 6.99. The van der Waals surface area contributed by atoms with E-state index in [1.807, 2.05) is 30.1 Å². The number of ether oxygens (including phenoxy) is 1. The second-order valence-electron chi connectivity index (χ2n) is 4.15. The van der Waals surface area contributed by atoms with Crippen molar-refractivity contribution < 1.29 is 9.53 Å². The fourth-order valence-corrected chi connectivity index (χ4v) is 2.51. The van der Waals surface area contributed by atoms with Gasteiger partial charge in [-0.25, -0.2) is 4.79 Å². The molecule has 0 fully saturated rings. The number of esters is 1. The molecule has 2 aromatic heterocycles. The maximum absolute atomic E-state index is 11.9. The predicted molar refractivity (Wildman–Crippen MR) is 78.8 cm³/mol. The van der Waals surface area contributed by atoms with Gasteiger partial charge in [0, 0.05) is 13.2 Å². The van der Waals surface area contributed by atoms with Crippen molar-refractivity contribution in [2.24, 2.45) is 0 Å². The quantitative estimate of drug-likeness (QED) is 0.848. The Labute approximate surface area is 121 Å². The minimum Gasteiger partial charge on any atom is -0.462 e. The summed E-state index contributed by atoms with van der Waals surface area (Å²) in [6, 6.07) is 5.70. The Morgan fingerprint density at radius 2 is 2.30 bits per heavy atom. The topological polar surface area (TPSA) is 81.3 Å². The highest BCUT2D eigenvalue weighted by Gasteiger charge is 2.23. The van der Waals surface area contributed by atoms with Crippen molar-refractivity contribution in [1.29, 1.82) is 0 Å². The lowest BCUT2D eigenvalue weighted by Crippen LogP contribution is -2.19. The molecule has 0 unspecified atom stereocenters. The second kappa shape index (κ2) is 6.33. The molecule has 0 saturated heterocycles. The number of nitrogens with two attached hydrogens (primary N) is 1. The van der Waals surface area contributed by atoms with Crippen LogP contribution in [0.5, 0.6) is 0 Å². The molecule has 0 amide bonds. The highest BCUT2D eigenvalue weighted by Crippen LogP contribution is 2.31. The minimum absolute atomic E-state index is 0.205. The third-order valence-electron chi connectivity index (χ3n) is 2.65. The number of rotatable bonds is 5. The zero-order valence-corrected chi connectivity index (χ0v) is 12.2. The standard InChI is InChI=1S/C13H16N4O2S/c1-3-19-13(18)10-11(14)16-20-12(10)17(2)8-9-6-4-5-7-15-9/h4-7H,3,8H2,1-2H3,(H2,14,16). The third-order valence-corrected chi connectivity index (χ3v) is 3.63. The van der Waals surface area contributed by atoms with E-state index in [-0.39, 0.29) is 5.82 Å². The first kappa shape index (κ1) is 14.3. The van der Waals surface area contributed by atoms with Crippen LogP contribution in [0.3, 0.4) is 0 Å². The summed E-state index contributed by atoms with van der Waals surface area (Å²) < 4.78 is 9.05. The number of nitrogens with zero attached hydrogens (tertiary/aromatic N) is 3. The smallest absolute Gasteiger partial charge is 0.345 e. The van der Waals surface area contributed by atoms with Crippen molar-refractivity contribution in [3.8, 4) is 0 Å². The molecule has 0 aliphatic heterocycles. The Morgan fingerprint density at radius 3 is 2.95 bits per heavy atom. The van der Waals surface area contributed by atoms with Crippen LogP contribution < -0.4 is 10.6 Å². The van der Waals surface area contributed by atoms with Gasteiger partial charge in [0.15, 0.2) is 5.82 Å². The predicted octanol–water partition coefficient (Wildman–Crippen LogP) is 1.93. The van der Waals surface area contributed by atoms with Crippen LogP contribution in [-0.4, -0.2) is 29.0 Å². The summed E-state index contributed by atoms with van der Waals surface area (Å²) in [7, 11) is 1.87. The maximum Gasteiger partial charge on any atom is 0.345 e. The Hall–Kier alpha value is -2.15. The van der Waals surface area contributed by atoms with Gasteiger partial charge in [-0.2, -0.15) is 4.37 Å². The molecular weight excluding hydrogens is 276 g/mol. The van der Waals surface area contributed by atoms with Gasteiger partial charge >= 0.3 is 5.97 Å². The Balaban J connectivity index is 2.22. The zero-order chi connectivity index (χ0) is 14.5. The van der Waals surface area contributed by atoms with E-state index in [2.05, 4.69) is 9.36 Å². The van der Waals surface area contributed by atoms with Crippen molar-refractivity contribution >= 4 is 28.3 Å². The van der Waals surface area contributed by atoms with E-state index >= 15 is 0 Å². The van der Waals surface area contributed by atoms with Gasteiger partial charge in [-0.15, -0.1) is 0 Å². The number of carbonyl (C=O) groups is 1. The molecule has 0 bridgehead atoms. The fourth-order valence-electron chi connectivity index (χ4n) is 1.76. The molecule has 2 N–H and O–H groups in total. The number of pyridine rings is 1. The lowest BCUT2D eigenvalue weighted by atomic mass is 10.3. The molecule has 2 rings (SSSR count). The van der Waals surface area contributed by atoms with Crippen molar-refractivity contribution in [3.63, 3.8) is 0 Å². The molecule has 7 heteroatoms. The van der Waals surface area contributed by atoms with Crippen molar-refractivity contribution in [2.45, 2.75) is 13.5 Å². The summed E-state index contributed by atoms with van der Waals surface area (Å²) in [5, 5.41) is 0.687. The molecule has 6 nitrogen and oxygen atoms in total. The average molecular weight is 292 g/mol. The molecule has 0 saturated carbocycles. The summed E-state index contributed by atoms with van der Waals surface area (Å²) in [6.07, 6.45) is 1.73. The van der Waals surface area contributed by atoms with Gasteiger partial charge in [0.05, 0.1) is 18.8 Å². The highest BCUT2D eigenvalue weighted by atomic mass is 32.1. The van der Waals surface area contributed by atoms with Gasteiger partial charge in [-0.1, -0.05) is 6.07 Å². The van der Waals surface area contributed by atoms with E-state index in [0.717, 1.165) is 5.69 Å². The van der Waals surface area contributed by atoms with E-state index in [1.54, 1.807) is 13.1 Å². The molecule has 0 aliphatic carbocycles. The van der Waals surface area contributed by atoms with Crippen LogP contribution in [0.2, 0.25) is 0 Å². The Kier molecular flexibility index (Phi) is 4.52. The molecular formula is C13H16N4O2S. The number of nitrogen functional groups attached to an aromatic ring is 1. The van der Waals surface area contributed by atoms with Crippen LogP contribution in [0.1, 0.15) is 23.0 Å². The van der Waals surface area contributed by atoms with E-state index < -0.39 is 5.97 Å². The van der Waals surface area contributed by atoms with Gasteiger partial charge in [0.2, 0.25) is 0 Å². The minimum atomic E-state index is -0.443. The van der Waals surface area contributed by atoms with Crippen LogP contribution in [0, 0.1) is 0 Å². The van der Waals surface area contributed by atoms with E-state index in [9.17, 15) is 4.79 Å². The van der Waals surface area contributed by atoms with Crippen LogP contribution in [0.15, 0.2) is 24.4 Å². The van der Waals surface area contributed by atoms with Gasteiger partial charge in [0.25, 0.3) is 0 Å². The maximum atomic E-state index is 11.9. The van der Waals surface area contributed by atoms with Gasteiger partial charge in [-0.05, 0) is 30.6 Å². The van der Waals surface area contributed by atoms with E-state index in [4.69, 9.17) is 10.5 Å². The molecule has 0 aliphatic rings. The third kappa shape index (κ3) is 3.05. The number of anilines is 2. The summed E-state index contributed by atoms with van der Waals surface area (Å²) in [5.74, 6) is -0.238. The van der Waals surface area contributed by atoms with Crippen LogP contribution >= 0.6 is 11.5 Å². The Morgan fingerprint density at radius 1 is 1.50 bits per heavy atom. The summed E-state index contributed by atoms with van der Waals surface area (Å²) in [6.45, 7) is 2.62. The first-order chi connectivity index (χ1) is 9.63. The first-order valence-corrected chi connectivity index (χ1v) is 6.94. The van der Waals surface area contributed by atoms with Crippen molar-refractivity contribution in [3.05, 3.63) is 35.7 Å². The Bertz CT molecular complexity index is 585. The van der Waals surface area contributed by atoms with Gasteiger partial charge < -0.3 is 15.4 Å². The normalized spacial score (nSPS) is 10.3. The molecule has 2 heterocycles. The van der Waals surface area contributed by atoms with Crippen molar-refractivity contribution in [2.75, 3.05) is 24.3 Å². The lowest BCUT2D eigenvalue weighted by Gasteiger charge is -2.17. The number of hydrogen-bond donors (Lipinski definition) is 1. The second-order valence-corrected chi connectivity index (χ2v) is 4.90. The molecule has 0 atom stereocenters. The first-order valence-electron chi connectivity index (χ1n) is 6.16. The van der Waals surface area contributed by atoms with E-state index in [0.29, 0.717) is 23.7 Å². The van der Waals surface area contributed by atoms with Gasteiger partial charge in [0.1, 0.15) is 10.6 Å². The van der Waals surface area contributed by atoms with Crippen LogP contribution in [0.4, 0.5) is 10.8 Å². The van der Waals surface area contributed by atoms with Crippen LogP contribution in [0.25, 0.3) is 0 Å². The zero-order valence-electron chi connectivity index (χ0n) is 11.4. The van der Waals surface area contributed by atoms with Crippen LogP contribution in [-0.2, 0) is 11.3 Å². The van der Waals surface area contributed by atoms with Crippen molar-refractivity contribution in [1.82, 2.24) is 9.36 Å². The largest absolute Gasteiger partial charge is 0.462 e. The summed E-state index contributed by atoms with van der Waals surface area (Å²) in [4.78, 5) is 18.1. The molecule has 0 radical (unpaired) electrons. The molecule has 106 valence electrons. The number of carbonyl (C=O) groups excluding carboxylic acids is 1. The monoisotopic (exact) mass is 292 g/mol. The average Bonchev–Trinajstić information content (AvgIpc) is 2.82.